The van der Waals surface area contributed by atoms with Crippen LogP contribution in [0.1, 0.15) is 25.0 Å². The minimum Gasteiger partial charge on any atom is -0.494 e. The first kappa shape index (κ1) is 22.9. The molecule has 0 saturated carbocycles. The first-order chi connectivity index (χ1) is 15.7. The lowest BCUT2D eigenvalue weighted by molar-refractivity contribution is 0.311. The summed E-state index contributed by atoms with van der Waals surface area (Å²) in [5.41, 5.74) is 2.31. The maximum Gasteiger partial charge on any atom is 0.264 e. The van der Waals surface area contributed by atoms with Gasteiger partial charge < -0.3 is 14.6 Å². The van der Waals surface area contributed by atoms with Gasteiger partial charge in [-0.1, -0.05) is 36.4 Å². The number of benzene rings is 3. The number of fused-ring (bicyclic) bond motifs is 2. The van der Waals surface area contributed by atoms with E-state index in [9.17, 15) is 13.5 Å². The molecule has 0 fully saturated rings. The van der Waals surface area contributed by atoms with Crippen LogP contribution in [-0.2, 0) is 20.9 Å². The van der Waals surface area contributed by atoms with Gasteiger partial charge in [-0.2, -0.15) is 8.42 Å². The number of hydrogen-bond acceptors (Lipinski definition) is 6. The fourth-order valence-corrected chi connectivity index (χ4v) is 4.43. The largest absolute Gasteiger partial charge is 0.494 e. The summed E-state index contributed by atoms with van der Waals surface area (Å²) in [7, 11) is -3.53. The Labute approximate surface area is 193 Å². The zero-order valence-electron chi connectivity index (χ0n) is 19.1. The Kier molecular flexibility index (Phi) is 6.23. The summed E-state index contributed by atoms with van der Waals surface area (Å²) < 4.78 is 41.3. The van der Waals surface area contributed by atoms with E-state index in [2.05, 4.69) is 0 Å². The van der Waals surface area contributed by atoms with Crippen LogP contribution in [0.15, 0.2) is 48.7 Å². The average Bonchev–Trinajstić information content (AvgIpc) is 3.11. The van der Waals surface area contributed by atoms with Crippen LogP contribution >= 0.6 is 0 Å². The molecular formula is C25H27NO6S. The second kappa shape index (κ2) is 8.96. The van der Waals surface area contributed by atoms with E-state index in [-0.39, 0.29) is 12.5 Å². The molecule has 0 saturated heterocycles. The van der Waals surface area contributed by atoms with Crippen LogP contribution in [0.4, 0.5) is 0 Å². The van der Waals surface area contributed by atoms with Gasteiger partial charge in [-0.25, -0.2) is 0 Å². The lowest BCUT2D eigenvalue weighted by Crippen LogP contribution is -2.03. The van der Waals surface area contributed by atoms with Crippen molar-refractivity contribution in [2.24, 2.45) is 0 Å². The SMILES string of the molecule is CCOc1c2ccccc2c(OCC)c2c(O)n(-c3ccc(COS(C)(=O)=O)cc3C)cc12. The molecule has 0 aliphatic carbocycles. The maximum atomic E-state index is 11.3. The van der Waals surface area contributed by atoms with Gasteiger partial charge >= 0.3 is 0 Å². The molecule has 0 aliphatic heterocycles. The summed E-state index contributed by atoms with van der Waals surface area (Å²) in [6, 6.07) is 13.3. The molecule has 0 amide bonds. The molecule has 0 radical (unpaired) electrons. The second-order valence-corrected chi connectivity index (χ2v) is 9.41. The highest BCUT2D eigenvalue weighted by Gasteiger charge is 2.23. The Morgan fingerprint density at radius 1 is 0.939 bits per heavy atom. The van der Waals surface area contributed by atoms with Crippen molar-refractivity contribution in [3.05, 3.63) is 59.8 Å². The number of ether oxygens (including phenoxy) is 2. The third kappa shape index (κ3) is 4.36. The van der Waals surface area contributed by atoms with Gasteiger partial charge in [0.2, 0.25) is 5.88 Å². The molecule has 33 heavy (non-hydrogen) atoms. The zero-order valence-corrected chi connectivity index (χ0v) is 19.9. The van der Waals surface area contributed by atoms with Crippen LogP contribution in [0.25, 0.3) is 27.2 Å². The molecule has 1 N–H and O–H groups in total. The molecule has 4 aromatic rings. The first-order valence-corrected chi connectivity index (χ1v) is 12.5. The van der Waals surface area contributed by atoms with Gasteiger partial charge in [-0.15, -0.1) is 0 Å². The van der Waals surface area contributed by atoms with Crippen LogP contribution in [0.3, 0.4) is 0 Å². The predicted molar refractivity (Wildman–Crippen MR) is 129 cm³/mol. The van der Waals surface area contributed by atoms with Crippen LogP contribution in [0, 0.1) is 6.92 Å². The van der Waals surface area contributed by atoms with Crippen LogP contribution < -0.4 is 9.47 Å². The van der Waals surface area contributed by atoms with Gasteiger partial charge in [0.15, 0.2) is 0 Å². The van der Waals surface area contributed by atoms with E-state index in [1.165, 1.54) is 0 Å². The van der Waals surface area contributed by atoms with Crippen molar-refractivity contribution in [3.63, 3.8) is 0 Å². The fourth-order valence-electron chi connectivity index (χ4n) is 4.08. The van der Waals surface area contributed by atoms with Gasteiger partial charge in [0, 0.05) is 17.0 Å². The molecule has 3 aromatic carbocycles. The highest BCUT2D eigenvalue weighted by molar-refractivity contribution is 7.85. The normalized spacial score (nSPS) is 11.9. The Morgan fingerprint density at radius 3 is 2.18 bits per heavy atom. The molecular weight excluding hydrogens is 442 g/mol. The summed E-state index contributed by atoms with van der Waals surface area (Å²) in [4.78, 5) is 0. The summed E-state index contributed by atoms with van der Waals surface area (Å²) in [5, 5.41) is 14.4. The molecule has 8 heteroatoms. The topological polar surface area (TPSA) is 87.0 Å². The molecule has 174 valence electrons. The van der Waals surface area contributed by atoms with E-state index in [0.717, 1.165) is 33.7 Å². The van der Waals surface area contributed by atoms with E-state index in [4.69, 9.17) is 13.7 Å². The summed E-state index contributed by atoms with van der Waals surface area (Å²) in [6.07, 6.45) is 2.87. The standard InChI is InChI=1S/C25H27NO6S/c1-5-30-23-18-9-7-8-10-19(18)24(31-6-2)22-20(23)14-26(25(22)27)21-12-11-17(13-16(21)3)15-32-33(4,28)29/h7-14,27H,5-6,15H2,1-4H3. The highest BCUT2D eigenvalue weighted by atomic mass is 32.2. The van der Waals surface area contributed by atoms with E-state index < -0.39 is 10.1 Å². The number of nitrogens with zero attached hydrogens (tertiary/aromatic N) is 1. The number of aryl methyl sites for hydroxylation is 1. The van der Waals surface area contributed by atoms with Gasteiger partial charge in [0.1, 0.15) is 11.5 Å². The van der Waals surface area contributed by atoms with Gasteiger partial charge in [-0.3, -0.25) is 8.75 Å². The van der Waals surface area contributed by atoms with Gasteiger partial charge in [-0.05, 0) is 38.0 Å². The lowest BCUT2D eigenvalue weighted by atomic mass is 10.0. The highest BCUT2D eigenvalue weighted by Crippen LogP contribution is 2.48. The Bertz CT molecular complexity index is 1440. The molecule has 1 aromatic heterocycles. The first-order valence-electron chi connectivity index (χ1n) is 10.7. The van der Waals surface area contributed by atoms with Crippen molar-refractivity contribution in [2.75, 3.05) is 19.5 Å². The molecule has 0 aliphatic rings. The van der Waals surface area contributed by atoms with Crippen molar-refractivity contribution in [1.82, 2.24) is 4.57 Å². The lowest BCUT2D eigenvalue weighted by Gasteiger charge is -2.14. The molecule has 1 heterocycles. The third-order valence-corrected chi connectivity index (χ3v) is 5.95. The van der Waals surface area contributed by atoms with E-state index >= 15 is 0 Å². The van der Waals surface area contributed by atoms with E-state index in [1.54, 1.807) is 10.6 Å². The molecule has 0 bridgehead atoms. The van der Waals surface area contributed by atoms with E-state index in [1.807, 2.05) is 63.4 Å². The van der Waals surface area contributed by atoms with Crippen LogP contribution in [0.5, 0.6) is 17.4 Å². The maximum absolute atomic E-state index is 11.3. The zero-order chi connectivity index (χ0) is 23.8. The summed E-state index contributed by atoms with van der Waals surface area (Å²) >= 11 is 0. The van der Waals surface area contributed by atoms with Crippen molar-refractivity contribution in [1.29, 1.82) is 0 Å². The van der Waals surface area contributed by atoms with Gasteiger partial charge in [0.05, 0.1) is 42.5 Å². The number of aromatic hydroxyl groups is 1. The fraction of sp³-hybridized carbons (Fsp3) is 0.280. The monoisotopic (exact) mass is 469 g/mol. The van der Waals surface area contributed by atoms with Crippen molar-refractivity contribution < 1.29 is 27.2 Å². The number of hydrogen-bond donors (Lipinski definition) is 1. The van der Waals surface area contributed by atoms with Crippen LogP contribution in [0.2, 0.25) is 0 Å². The Balaban J connectivity index is 1.93. The summed E-state index contributed by atoms with van der Waals surface area (Å²) in [6.45, 7) is 6.61. The van der Waals surface area contributed by atoms with Crippen LogP contribution in [-0.4, -0.2) is 37.6 Å². The minimum absolute atomic E-state index is 0.0448. The summed E-state index contributed by atoms with van der Waals surface area (Å²) in [5.74, 6) is 1.35. The quantitative estimate of drug-likeness (QED) is 0.363. The van der Waals surface area contributed by atoms with Crippen molar-refractivity contribution in [3.8, 4) is 23.1 Å². The smallest absolute Gasteiger partial charge is 0.264 e. The average molecular weight is 470 g/mol. The van der Waals surface area contributed by atoms with Crippen molar-refractivity contribution in [2.45, 2.75) is 27.4 Å². The molecule has 0 spiro atoms. The number of rotatable bonds is 8. The molecule has 7 nitrogen and oxygen atoms in total. The Morgan fingerprint density at radius 2 is 1.58 bits per heavy atom. The minimum atomic E-state index is -3.53. The van der Waals surface area contributed by atoms with Gasteiger partial charge in [0.25, 0.3) is 10.1 Å². The predicted octanol–water partition coefficient (Wildman–Crippen LogP) is 5.07. The molecule has 4 rings (SSSR count). The second-order valence-electron chi connectivity index (χ2n) is 7.77. The Hall–Kier alpha value is -3.23. The van der Waals surface area contributed by atoms with Crippen molar-refractivity contribution >= 4 is 31.7 Å². The third-order valence-electron chi connectivity index (χ3n) is 5.41. The molecule has 0 unspecified atom stereocenters. The van der Waals surface area contributed by atoms with E-state index in [0.29, 0.717) is 35.7 Å². The number of aromatic nitrogens is 1. The molecule has 0 atom stereocenters.